The average Bonchev–Trinajstić information content (AvgIpc) is 3.28. The van der Waals surface area contributed by atoms with Crippen LogP contribution in [0.4, 0.5) is 0 Å². The van der Waals surface area contributed by atoms with Crippen LogP contribution in [-0.4, -0.2) is 102 Å². The van der Waals surface area contributed by atoms with Crippen molar-refractivity contribution < 1.29 is 108 Å². The van der Waals surface area contributed by atoms with E-state index in [2.05, 4.69) is 19.6 Å². The predicted octanol–water partition coefficient (Wildman–Crippen LogP) is 7.52. The number of ether oxygens (including phenoxy) is 4. The zero-order valence-corrected chi connectivity index (χ0v) is 46.9. The molecule has 0 unspecified atom stereocenters. The van der Waals surface area contributed by atoms with Crippen molar-refractivity contribution >= 4 is 0 Å². The molecule has 4 aromatic carbocycles. The number of nitrogens with zero attached hydrogens (tertiary/aromatic N) is 16. The van der Waals surface area contributed by atoms with Crippen LogP contribution in [0.3, 0.4) is 0 Å². The van der Waals surface area contributed by atoms with Gasteiger partial charge in [-0.3, -0.25) is 19.6 Å². The topological polar surface area (TPSA) is 377 Å². The third-order valence-electron chi connectivity index (χ3n) is 9.47. The van der Waals surface area contributed by atoms with Crippen molar-refractivity contribution in [2.24, 2.45) is 0 Å². The Labute approximate surface area is 464 Å². The summed E-state index contributed by atoms with van der Waals surface area (Å²) in [6, 6.07) is 14.7. The average molecular weight is 1160 g/mol. The first kappa shape index (κ1) is 77.9. The van der Waals surface area contributed by atoms with Crippen LogP contribution in [0.2, 0.25) is 0 Å². The van der Waals surface area contributed by atoms with Gasteiger partial charge in [0, 0.05) is 52.4 Å². The molecule has 0 aromatic heterocycles. The maximum atomic E-state index is 12.4. The zero-order chi connectivity index (χ0) is 52.5. The van der Waals surface area contributed by atoms with E-state index in [0.29, 0.717) is 49.2 Å². The third kappa shape index (κ3) is 30.3. The van der Waals surface area contributed by atoms with E-state index in [1.165, 1.54) is 48.1 Å². The Bertz CT molecular complexity index is 2000. The van der Waals surface area contributed by atoms with E-state index in [4.69, 9.17) is 63.2 Å². The monoisotopic (exact) mass is 1160 g/mol. The van der Waals surface area contributed by atoms with Crippen molar-refractivity contribution in [3.05, 3.63) is 157 Å². The maximum Gasteiger partial charge on any atom is 2.00 e. The fourth-order valence-electron chi connectivity index (χ4n) is 6.49. The fraction of sp³-hybridized carbons (Fsp3) is 0.455. The minimum absolute atomic E-state index is 0. The summed E-state index contributed by atoms with van der Waals surface area (Å²) < 4.78 is 20.7. The van der Waals surface area contributed by atoms with Gasteiger partial charge < -0.3 is 103 Å². The molecule has 0 aliphatic heterocycles. The molecule has 0 fully saturated rings. The van der Waals surface area contributed by atoms with E-state index in [9.17, 15) is 20.4 Å². The van der Waals surface area contributed by atoms with Gasteiger partial charge in [-0.1, -0.05) is 47.3 Å². The van der Waals surface area contributed by atoms with Crippen molar-refractivity contribution in [1.82, 2.24) is 19.6 Å². The minimum atomic E-state index is -0.0591. The van der Waals surface area contributed by atoms with E-state index in [-0.39, 0.29) is 91.3 Å². The van der Waals surface area contributed by atoms with Crippen LogP contribution in [0.1, 0.15) is 44.5 Å². The summed E-state index contributed by atoms with van der Waals surface area (Å²) in [5, 5.41) is 49.6. The van der Waals surface area contributed by atoms with Crippen LogP contribution in [0, 0.1) is 27.7 Å². The second kappa shape index (κ2) is 44.2. The number of likely N-dealkylation sites (N-methyl/N-ethyl adjacent to an activating group) is 4. The molecule has 4 radical (unpaired) electrons. The van der Waals surface area contributed by atoms with Crippen LogP contribution in [0.15, 0.2) is 48.5 Å². The maximum absolute atomic E-state index is 12.4. The molecule has 392 valence electrons. The number of hydrogen-bond acceptors (Lipinski definition) is 12. The largest absolute Gasteiger partial charge is 2.00 e. The van der Waals surface area contributed by atoms with Crippen molar-refractivity contribution in [2.75, 3.05) is 82.8 Å². The van der Waals surface area contributed by atoms with Crippen LogP contribution >= 0.6 is 0 Å². The van der Waals surface area contributed by atoms with Crippen molar-refractivity contribution in [3.63, 3.8) is 0 Å². The molecule has 0 atom stereocenters. The first-order chi connectivity index (χ1) is 32.1. The van der Waals surface area contributed by atoms with Crippen LogP contribution in [0.5, 0.6) is 46.0 Å². The van der Waals surface area contributed by atoms with Crippen LogP contribution in [-0.2, 0) is 94.5 Å². The number of methoxy groups -OCH3 is 4. The summed E-state index contributed by atoms with van der Waals surface area (Å²) in [5.41, 5.74) is 60.9. The Morgan fingerprint density at radius 3 is 0.611 bits per heavy atom. The molecule has 72 heavy (non-hydrogen) atoms. The molecule has 4 aromatic rings. The Hall–Kier alpha value is -5.56. The number of hydrogen-bond donors (Lipinski definition) is 0. The third-order valence-corrected chi connectivity index (χ3v) is 9.47. The Morgan fingerprint density at radius 2 is 0.486 bits per heavy atom. The first-order valence-corrected chi connectivity index (χ1v) is 20.2. The second-order valence-electron chi connectivity index (χ2n) is 15.1. The van der Waals surface area contributed by atoms with Gasteiger partial charge in [0.05, 0.1) is 28.4 Å². The molecule has 0 aliphatic carbocycles. The Morgan fingerprint density at radius 1 is 0.347 bits per heavy atom. The molecule has 0 amide bonds. The van der Waals surface area contributed by atoms with Gasteiger partial charge in [-0.15, -0.1) is 0 Å². The SMILES string of the molecule is COc1cc(C)cc(CN(C)CCN(C)Cc2cc(C)cc(OC)c2[O-])c1[O-].COc1cc(C)cc(CN(C)CCN(C)Cc2cc(C)cc(OC)c2[O-])c1[O-].[Mn+2].[Mn+2].[Mn+2].[Mn+2].[N-]=[N+]=[N-].[N-]=[N+]=[N-].[N-]=[N+]=[N-].[N-]=[N+]=[N-]. The Kier molecular flexibility index (Phi) is 47.8. The van der Waals surface area contributed by atoms with E-state index in [1.54, 1.807) is 24.3 Å². The van der Waals surface area contributed by atoms with Gasteiger partial charge in [-0.25, -0.2) is 0 Å². The number of benzene rings is 4. The molecule has 4 rings (SSSR count). The molecule has 0 bridgehead atoms. The van der Waals surface area contributed by atoms with Crippen molar-refractivity contribution in [2.45, 2.75) is 53.9 Å². The van der Waals surface area contributed by atoms with Crippen molar-refractivity contribution in [3.8, 4) is 46.0 Å². The van der Waals surface area contributed by atoms with E-state index in [0.717, 1.165) is 70.7 Å². The van der Waals surface area contributed by atoms with Gasteiger partial charge >= 0.3 is 68.3 Å². The van der Waals surface area contributed by atoms with Gasteiger partial charge in [-0.2, -0.15) is 0 Å². The van der Waals surface area contributed by atoms with Gasteiger partial charge in [-0.05, 0) is 125 Å². The second-order valence-corrected chi connectivity index (χ2v) is 15.1. The van der Waals surface area contributed by atoms with Crippen molar-refractivity contribution in [1.29, 1.82) is 0 Å². The summed E-state index contributed by atoms with van der Waals surface area (Å²) in [7, 11) is 14.0. The van der Waals surface area contributed by atoms with Gasteiger partial charge in [0.2, 0.25) is 0 Å². The zero-order valence-electron chi connectivity index (χ0n) is 42.2. The summed E-state index contributed by atoms with van der Waals surface area (Å²) in [6.07, 6.45) is 0. The summed E-state index contributed by atoms with van der Waals surface area (Å²) >= 11 is 0. The summed E-state index contributed by atoms with van der Waals surface area (Å²) in [6.45, 7) is 13.1. The van der Waals surface area contributed by atoms with Crippen LogP contribution in [0.25, 0.3) is 63.9 Å². The smallest absolute Gasteiger partial charge is 0.870 e. The number of rotatable bonds is 18. The first-order valence-electron chi connectivity index (χ1n) is 20.2. The fourth-order valence-corrected chi connectivity index (χ4v) is 6.49. The molecule has 28 heteroatoms. The molecule has 0 spiro atoms. The molecule has 0 heterocycles. The van der Waals surface area contributed by atoms with Gasteiger partial charge in [0.1, 0.15) is 23.0 Å². The van der Waals surface area contributed by atoms with E-state index < -0.39 is 0 Å². The molecule has 24 nitrogen and oxygen atoms in total. The normalized spacial score (nSPS) is 9.22. The summed E-state index contributed by atoms with van der Waals surface area (Å²) in [4.78, 5) is 14.4. The molecular weight excluding hydrogens is 1100 g/mol. The molecule has 0 N–H and O–H groups in total. The van der Waals surface area contributed by atoms with Gasteiger partial charge in [0.15, 0.2) is 0 Å². The van der Waals surface area contributed by atoms with E-state index >= 15 is 0 Å². The standard InChI is InChI=1S/2C22H32N2O4.4Mn.4N3/c2*1-15-9-17(21(25)19(11-15)27-5)13-23(3)7-8-24(4)14-18-10-16(2)12-20(28-6)22(18)26;;;;;4*1-3-2/h2*9-12,25-26H,7-8,13-14H2,1-6H3;;;;;;;;/q;;4*+2;4*-1/p-4. The Balaban J connectivity index is -0.000000237. The number of aryl methyl sites for hydroxylation is 4. The minimum Gasteiger partial charge on any atom is -0.870 e. The van der Waals surface area contributed by atoms with Gasteiger partial charge in [0.25, 0.3) is 0 Å². The summed E-state index contributed by atoms with van der Waals surface area (Å²) in [5.74, 6) is 1.31. The molecule has 0 aliphatic rings. The molecule has 0 saturated carbocycles. The van der Waals surface area contributed by atoms with E-state index in [1.807, 2.05) is 80.2 Å². The van der Waals surface area contributed by atoms with Crippen LogP contribution < -0.4 is 39.4 Å². The predicted molar refractivity (Wildman–Crippen MR) is 254 cm³/mol. The molecule has 0 saturated heterocycles. The molecular formula is C44H60Mn4N16O8. The quantitative estimate of drug-likeness (QED) is 0.0404.